The van der Waals surface area contributed by atoms with Gasteiger partial charge in [0.1, 0.15) is 5.76 Å². The number of fused-ring (bicyclic) bond motifs is 1. The van der Waals surface area contributed by atoms with E-state index in [0.29, 0.717) is 48.7 Å². The van der Waals surface area contributed by atoms with E-state index < -0.39 is 0 Å². The van der Waals surface area contributed by atoms with Crippen molar-refractivity contribution in [2.45, 2.75) is 26.7 Å². The first kappa shape index (κ1) is 21.3. The van der Waals surface area contributed by atoms with Crippen molar-refractivity contribution in [2.75, 3.05) is 18.4 Å². The molecule has 0 atom stereocenters. The Morgan fingerprint density at radius 3 is 2.67 bits per heavy atom. The van der Waals surface area contributed by atoms with Gasteiger partial charge >= 0.3 is 0 Å². The molecule has 1 N–H and O–H groups in total. The average Bonchev–Trinajstić information content (AvgIpc) is 3.55. The number of aromatic nitrogens is 4. The molecule has 0 bridgehead atoms. The number of thiophene rings is 1. The molecule has 0 unspecified atom stereocenters. The Labute approximate surface area is 194 Å². The van der Waals surface area contributed by atoms with Crippen molar-refractivity contribution in [1.29, 1.82) is 0 Å². The summed E-state index contributed by atoms with van der Waals surface area (Å²) in [6.45, 7) is 4.68. The molecule has 33 heavy (non-hydrogen) atoms. The summed E-state index contributed by atoms with van der Waals surface area (Å²) in [5.41, 5.74) is 2.84. The van der Waals surface area contributed by atoms with Crippen LogP contribution in [0.4, 0.5) is 5.82 Å². The molecule has 0 aromatic carbocycles. The number of carbonyl (C=O) groups is 2. The number of aryl methyl sites for hydroxylation is 3. The molecule has 1 aliphatic rings. The molecule has 4 aromatic heterocycles. The summed E-state index contributed by atoms with van der Waals surface area (Å²) in [7, 11) is 1.84. The van der Waals surface area contributed by atoms with E-state index in [0.717, 1.165) is 21.7 Å². The Kier molecular flexibility index (Phi) is 5.45. The number of amides is 2. The fraction of sp³-hybridized carbons (Fsp3) is 0.348. The van der Waals surface area contributed by atoms with E-state index in [1.165, 1.54) is 0 Å². The quantitative estimate of drug-likeness (QED) is 0.493. The topological polar surface area (TPSA) is 106 Å². The van der Waals surface area contributed by atoms with E-state index >= 15 is 0 Å². The highest BCUT2D eigenvalue weighted by molar-refractivity contribution is 7.13. The third kappa shape index (κ3) is 4.02. The van der Waals surface area contributed by atoms with Crippen LogP contribution < -0.4 is 5.32 Å². The summed E-state index contributed by atoms with van der Waals surface area (Å²) < 4.78 is 6.73. The van der Waals surface area contributed by atoms with E-state index in [9.17, 15) is 9.59 Å². The summed E-state index contributed by atoms with van der Waals surface area (Å²) in [5, 5.41) is 13.9. The van der Waals surface area contributed by atoms with Gasteiger partial charge in [-0.2, -0.15) is 5.10 Å². The standard InChI is InChI=1S/C23H24N6O3S/c1-13-11-19(27-32-13)25-22(30)15-6-8-29(9-7-15)23(31)16-12-17(18-5-4-10-33-18)24-21-20(16)14(2)26-28(21)3/h4-5,10-12,15H,6-9H2,1-3H3,(H,25,27,30). The lowest BCUT2D eigenvalue weighted by Gasteiger charge is -2.31. The van der Waals surface area contributed by atoms with Crippen LogP contribution in [0.5, 0.6) is 0 Å². The van der Waals surface area contributed by atoms with E-state index in [4.69, 9.17) is 9.51 Å². The highest BCUT2D eigenvalue weighted by Gasteiger charge is 2.30. The van der Waals surface area contributed by atoms with Crippen molar-refractivity contribution in [3.8, 4) is 10.6 Å². The average molecular weight is 465 g/mol. The number of pyridine rings is 1. The maximum absolute atomic E-state index is 13.6. The number of hydrogen-bond acceptors (Lipinski definition) is 7. The summed E-state index contributed by atoms with van der Waals surface area (Å²) in [4.78, 5) is 33.8. The van der Waals surface area contributed by atoms with Crippen LogP contribution in [0.1, 0.15) is 34.7 Å². The molecule has 5 heterocycles. The number of nitrogens with one attached hydrogen (secondary N) is 1. The van der Waals surface area contributed by atoms with E-state index in [-0.39, 0.29) is 17.7 Å². The van der Waals surface area contributed by atoms with Crippen LogP contribution in [0.3, 0.4) is 0 Å². The third-order valence-corrected chi connectivity index (χ3v) is 6.90. The molecule has 9 nitrogen and oxygen atoms in total. The van der Waals surface area contributed by atoms with Crippen molar-refractivity contribution in [3.05, 3.63) is 46.7 Å². The molecule has 0 radical (unpaired) electrons. The molecule has 0 spiro atoms. The van der Waals surface area contributed by atoms with Gasteiger partial charge in [0.2, 0.25) is 5.91 Å². The Morgan fingerprint density at radius 1 is 1.21 bits per heavy atom. The fourth-order valence-corrected chi connectivity index (χ4v) is 5.02. The highest BCUT2D eigenvalue weighted by Crippen LogP contribution is 2.31. The molecular weight excluding hydrogens is 440 g/mol. The molecule has 1 fully saturated rings. The first-order valence-electron chi connectivity index (χ1n) is 10.8. The summed E-state index contributed by atoms with van der Waals surface area (Å²) >= 11 is 1.59. The van der Waals surface area contributed by atoms with Crippen LogP contribution >= 0.6 is 11.3 Å². The molecule has 1 saturated heterocycles. The molecule has 170 valence electrons. The van der Waals surface area contributed by atoms with Crippen LogP contribution in [0.2, 0.25) is 0 Å². The monoisotopic (exact) mass is 464 g/mol. The Morgan fingerprint density at radius 2 is 2.00 bits per heavy atom. The zero-order valence-corrected chi connectivity index (χ0v) is 19.5. The first-order chi connectivity index (χ1) is 15.9. The Balaban J connectivity index is 1.37. The smallest absolute Gasteiger partial charge is 0.254 e. The maximum atomic E-state index is 13.6. The van der Waals surface area contributed by atoms with Gasteiger partial charge in [-0.25, -0.2) is 4.98 Å². The highest BCUT2D eigenvalue weighted by atomic mass is 32.1. The van der Waals surface area contributed by atoms with Gasteiger partial charge in [-0.15, -0.1) is 11.3 Å². The van der Waals surface area contributed by atoms with E-state index in [1.54, 1.807) is 29.0 Å². The van der Waals surface area contributed by atoms with Crippen LogP contribution in [0.15, 0.2) is 34.2 Å². The molecular formula is C23H24N6O3S. The number of anilines is 1. The van der Waals surface area contributed by atoms with Gasteiger partial charge in [0.25, 0.3) is 5.91 Å². The van der Waals surface area contributed by atoms with E-state index in [2.05, 4.69) is 15.6 Å². The van der Waals surface area contributed by atoms with Crippen LogP contribution in [-0.2, 0) is 11.8 Å². The number of hydrogen-bond donors (Lipinski definition) is 1. The molecule has 0 saturated carbocycles. The van der Waals surface area contributed by atoms with Gasteiger partial charge in [0.05, 0.1) is 27.2 Å². The van der Waals surface area contributed by atoms with Gasteiger partial charge in [0, 0.05) is 32.1 Å². The Bertz CT molecular complexity index is 1330. The molecule has 4 aromatic rings. The van der Waals surface area contributed by atoms with E-state index in [1.807, 2.05) is 42.5 Å². The second kappa shape index (κ2) is 8.43. The fourth-order valence-electron chi connectivity index (χ4n) is 4.33. The van der Waals surface area contributed by atoms with Crippen LogP contribution in [0.25, 0.3) is 21.6 Å². The summed E-state index contributed by atoms with van der Waals surface area (Å²) in [6, 6.07) is 7.53. The third-order valence-electron chi connectivity index (χ3n) is 6.00. The second-order valence-electron chi connectivity index (χ2n) is 8.32. The predicted octanol–water partition coefficient (Wildman–Crippen LogP) is 3.79. The van der Waals surface area contributed by atoms with Crippen LogP contribution in [0, 0.1) is 19.8 Å². The van der Waals surface area contributed by atoms with Crippen molar-refractivity contribution in [3.63, 3.8) is 0 Å². The van der Waals surface area contributed by atoms with Gasteiger partial charge < -0.3 is 14.7 Å². The normalized spacial score (nSPS) is 14.7. The molecule has 0 aliphatic carbocycles. The lowest BCUT2D eigenvalue weighted by Crippen LogP contribution is -2.41. The minimum atomic E-state index is -0.176. The minimum absolute atomic E-state index is 0.0534. The number of piperidine rings is 1. The second-order valence-corrected chi connectivity index (χ2v) is 9.27. The van der Waals surface area contributed by atoms with Gasteiger partial charge in [-0.3, -0.25) is 14.3 Å². The summed E-state index contributed by atoms with van der Waals surface area (Å²) in [6.07, 6.45) is 1.18. The van der Waals surface area contributed by atoms with Crippen molar-refractivity contribution in [2.24, 2.45) is 13.0 Å². The van der Waals surface area contributed by atoms with Crippen LogP contribution in [-0.4, -0.2) is 49.7 Å². The lowest BCUT2D eigenvalue weighted by atomic mass is 9.95. The predicted molar refractivity (Wildman–Crippen MR) is 125 cm³/mol. The molecule has 2 amide bonds. The number of rotatable bonds is 4. The number of nitrogens with zero attached hydrogens (tertiary/aromatic N) is 5. The molecule has 10 heteroatoms. The SMILES string of the molecule is Cc1cc(NC(=O)C2CCN(C(=O)c3cc(-c4cccs4)nc4c3c(C)nn4C)CC2)no1. The van der Waals surface area contributed by atoms with Gasteiger partial charge in [0.15, 0.2) is 11.5 Å². The van der Waals surface area contributed by atoms with Gasteiger partial charge in [-0.1, -0.05) is 11.2 Å². The zero-order chi connectivity index (χ0) is 23.1. The summed E-state index contributed by atoms with van der Waals surface area (Å²) in [5.74, 6) is 0.739. The van der Waals surface area contributed by atoms with Crippen molar-refractivity contribution < 1.29 is 14.1 Å². The lowest BCUT2D eigenvalue weighted by molar-refractivity contribution is -0.121. The number of carbonyl (C=O) groups excluding carboxylic acids is 2. The van der Waals surface area contributed by atoms with Crippen molar-refractivity contribution in [1.82, 2.24) is 24.8 Å². The molecule has 5 rings (SSSR count). The largest absolute Gasteiger partial charge is 0.360 e. The zero-order valence-electron chi connectivity index (χ0n) is 18.7. The number of likely N-dealkylation sites (tertiary alicyclic amines) is 1. The maximum Gasteiger partial charge on any atom is 0.254 e. The minimum Gasteiger partial charge on any atom is -0.360 e. The first-order valence-corrected chi connectivity index (χ1v) is 11.7. The molecule has 1 aliphatic heterocycles. The van der Waals surface area contributed by atoms with Gasteiger partial charge in [-0.05, 0) is 44.2 Å². The Hall–Kier alpha value is -3.53. The van der Waals surface area contributed by atoms with Crippen molar-refractivity contribution >= 4 is 40.0 Å².